The van der Waals surface area contributed by atoms with Crippen molar-refractivity contribution in [3.05, 3.63) is 12.2 Å². The molecule has 2 nitrogen and oxygen atoms in total. The van der Waals surface area contributed by atoms with Gasteiger partial charge in [-0.2, -0.15) is 0 Å². The van der Waals surface area contributed by atoms with Crippen LogP contribution in [0.3, 0.4) is 0 Å². The first-order chi connectivity index (χ1) is 6.39. The number of ether oxygens (including phenoxy) is 1. The topological polar surface area (TPSA) is 26.3 Å². The molecule has 0 N–H and O–H groups in total. The van der Waals surface area contributed by atoms with E-state index < -0.39 is 0 Å². The van der Waals surface area contributed by atoms with Crippen LogP contribution in [0, 0.1) is 0 Å². The summed E-state index contributed by atoms with van der Waals surface area (Å²) in [6.07, 6.45) is 11.8. The molecule has 74 valence electrons. The van der Waals surface area contributed by atoms with Gasteiger partial charge in [0.25, 0.3) is 0 Å². The smallest absolute Gasteiger partial charge is 0.330 e. The standard InChI is InChI=1S/C11H18O2/c12-11-9-7-5-3-1-2-4-6-8-10-13-11/h7,9H,1-6,8,10H2. The Balaban J connectivity index is 2.26. The van der Waals surface area contributed by atoms with E-state index in [0.717, 1.165) is 12.8 Å². The van der Waals surface area contributed by atoms with Crippen LogP contribution in [0.2, 0.25) is 0 Å². The molecular weight excluding hydrogens is 164 g/mol. The predicted octanol–water partition coefficient (Wildman–Crippen LogP) is 2.83. The van der Waals surface area contributed by atoms with Gasteiger partial charge >= 0.3 is 5.97 Å². The van der Waals surface area contributed by atoms with Crippen molar-refractivity contribution in [3.8, 4) is 0 Å². The maximum atomic E-state index is 11.0. The lowest BCUT2D eigenvalue weighted by atomic mass is 10.1. The Morgan fingerprint density at radius 1 is 1.00 bits per heavy atom. The summed E-state index contributed by atoms with van der Waals surface area (Å²) in [5, 5.41) is 0. The third-order valence-corrected chi connectivity index (χ3v) is 2.26. The van der Waals surface area contributed by atoms with E-state index in [2.05, 4.69) is 0 Å². The molecule has 0 atom stereocenters. The summed E-state index contributed by atoms with van der Waals surface area (Å²) in [6, 6.07) is 0. The zero-order valence-electron chi connectivity index (χ0n) is 8.13. The summed E-state index contributed by atoms with van der Waals surface area (Å²) in [4.78, 5) is 11.0. The van der Waals surface area contributed by atoms with Gasteiger partial charge in [0, 0.05) is 6.08 Å². The quantitative estimate of drug-likeness (QED) is 0.538. The van der Waals surface area contributed by atoms with Crippen molar-refractivity contribution in [2.24, 2.45) is 0 Å². The van der Waals surface area contributed by atoms with Crippen LogP contribution in [-0.4, -0.2) is 12.6 Å². The Bertz CT molecular complexity index is 173. The maximum absolute atomic E-state index is 11.0. The SMILES string of the molecule is O=C1C=CCCCCCCCCO1. The van der Waals surface area contributed by atoms with Gasteiger partial charge in [-0.3, -0.25) is 0 Å². The van der Waals surface area contributed by atoms with E-state index in [1.165, 1.54) is 32.1 Å². The predicted molar refractivity (Wildman–Crippen MR) is 52.4 cm³/mol. The molecule has 0 aliphatic carbocycles. The Morgan fingerprint density at radius 2 is 1.69 bits per heavy atom. The second kappa shape index (κ2) is 6.70. The molecule has 0 aromatic heterocycles. The molecular formula is C11H18O2. The number of carbonyl (C=O) groups excluding carboxylic acids is 1. The second-order valence-electron chi connectivity index (χ2n) is 3.48. The minimum absolute atomic E-state index is 0.180. The Hall–Kier alpha value is -0.790. The van der Waals surface area contributed by atoms with Gasteiger partial charge in [0.15, 0.2) is 0 Å². The minimum Gasteiger partial charge on any atom is -0.463 e. The lowest BCUT2D eigenvalue weighted by Gasteiger charge is -2.04. The van der Waals surface area contributed by atoms with Crippen LogP contribution < -0.4 is 0 Å². The Kier molecular flexibility index (Phi) is 5.30. The van der Waals surface area contributed by atoms with Crippen LogP contribution in [0.5, 0.6) is 0 Å². The fraction of sp³-hybridized carbons (Fsp3) is 0.727. The molecule has 1 aliphatic heterocycles. The highest BCUT2D eigenvalue weighted by Crippen LogP contribution is 2.08. The fourth-order valence-electron chi connectivity index (χ4n) is 1.47. The molecule has 0 unspecified atom stereocenters. The largest absolute Gasteiger partial charge is 0.463 e. The van der Waals surface area contributed by atoms with E-state index in [0.29, 0.717) is 6.61 Å². The summed E-state index contributed by atoms with van der Waals surface area (Å²) in [5.41, 5.74) is 0. The number of hydrogen-bond donors (Lipinski definition) is 0. The molecule has 0 spiro atoms. The van der Waals surface area contributed by atoms with Gasteiger partial charge in [0.05, 0.1) is 6.61 Å². The van der Waals surface area contributed by atoms with Gasteiger partial charge < -0.3 is 4.74 Å². The normalized spacial score (nSPS) is 21.4. The van der Waals surface area contributed by atoms with Crippen molar-refractivity contribution in [1.29, 1.82) is 0 Å². The van der Waals surface area contributed by atoms with Crippen LogP contribution in [0.1, 0.15) is 44.9 Å². The van der Waals surface area contributed by atoms with Crippen molar-refractivity contribution in [1.82, 2.24) is 0 Å². The molecule has 0 bridgehead atoms. The van der Waals surface area contributed by atoms with Crippen LogP contribution in [-0.2, 0) is 9.53 Å². The van der Waals surface area contributed by atoms with Crippen molar-refractivity contribution >= 4 is 5.97 Å². The third-order valence-electron chi connectivity index (χ3n) is 2.26. The van der Waals surface area contributed by atoms with Crippen molar-refractivity contribution < 1.29 is 9.53 Å². The monoisotopic (exact) mass is 182 g/mol. The van der Waals surface area contributed by atoms with Crippen molar-refractivity contribution in [3.63, 3.8) is 0 Å². The molecule has 0 saturated heterocycles. The van der Waals surface area contributed by atoms with Crippen LogP contribution >= 0.6 is 0 Å². The molecule has 0 fully saturated rings. The van der Waals surface area contributed by atoms with Crippen molar-refractivity contribution in [2.45, 2.75) is 44.9 Å². The lowest BCUT2D eigenvalue weighted by molar-refractivity contribution is -0.137. The zero-order valence-corrected chi connectivity index (χ0v) is 8.13. The molecule has 1 rings (SSSR count). The van der Waals surface area contributed by atoms with Crippen LogP contribution in [0.4, 0.5) is 0 Å². The molecule has 0 aromatic rings. The molecule has 1 aliphatic rings. The van der Waals surface area contributed by atoms with Gasteiger partial charge in [-0.25, -0.2) is 4.79 Å². The van der Waals surface area contributed by atoms with Gasteiger partial charge in [0.1, 0.15) is 0 Å². The first-order valence-electron chi connectivity index (χ1n) is 5.23. The van der Waals surface area contributed by atoms with Gasteiger partial charge in [0.2, 0.25) is 0 Å². The molecule has 0 aromatic carbocycles. The summed E-state index contributed by atoms with van der Waals surface area (Å²) in [7, 11) is 0. The zero-order chi connectivity index (χ0) is 9.36. The van der Waals surface area contributed by atoms with E-state index in [4.69, 9.17) is 4.74 Å². The van der Waals surface area contributed by atoms with Gasteiger partial charge in [-0.1, -0.05) is 31.8 Å². The highest BCUT2D eigenvalue weighted by Gasteiger charge is 1.98. The van der Waals surface area contributed by atoms with Crippen LogP contribution in [0.15, 0.2) is 12.2 Å². The number of hydrogen-bond acceptors (Lipinski definition) is 2. The number of carbonyl (C=O) groups is 1. The fourth-order valence-corrected chi connectivity index (χ4v) is 1.47. The van der Waals surface area contributed by atoms with Crippen LogP contribution in [0.25, 0.3) is 0 Å². The number of rotatable bonds is 0. The Labute approximate surface area is 80.0 Å². The summed E-state index contributed by atoms with van der Waals surface area (Å²) in [6.45, 7) is 0.586. The van der Waals surface area contributed by atoms with E-state index in [-0.39, 0.29) is 5.97 Å². The number of allylic oxidation sites excluding steroid dienone is 1. The first kappa shape index (κ1) is 10.3. The second-order valence-corrected chi connectivity index (χ2v) is 3.48. The Morgan fingerprint density at radius 3 is 2.54 bits per heavy atom. The average molecular weight is 182 g/mol. The van der Waals surface area contributed by atoms with Crippen molar-refractivity contribution in [2.75, 3.05) is 6.61 Å². The number of esters is 1. The van der Waals surface area contributed by atoms with Gasteiger partial charge in [-0.15, -0.1) is 0 Å². The highest BCUT2D eigenvalue weighted by atomic mass is 16.5. The molecule has 0 saturated carbocycles. The average Bonchev–Trinajstić information content (AvgIpc) is 2.11. The molecule has 0 amide bonds. The molecule has 0 radical (unpaired) electrons. The summed E-state index contributed by atoms with van der Waals surface area (Å²) < 4.78 is 4.99. The highest BCUT2D eigenvalue weighted by molar-refractivity contribution is 5.81. The van der Waals surface area contributed by atoms with E-state index in [1.54, 1.807) is 6.08 Å². The molecule has 2 heteroatoms. The maximum Gasteiger partial charge on any atom is 0.330 e. The van der Waals surface area contributed by atoms with E-state index in [9.17, 15) is 4.79 Å². The summed E-state index contributed by atoms with van der Waals surface area (Å²) in [5.74, 6) is -0.180. The number of cyclic esters (lactones) is 1. The molecule has 1 heterocycles. The first-order valence-corrected chi connectivity index (χ1v) is 5.23. The summed E-state index contributed by atoms with van der Waals surface area (Å²) >= 11 is 0. The third kappa shape index (κ3) is 5.45. The molecule has 13 heavy (non-hydrogen) atoms. The minimum atomic E-state index is -0.180. The van der Waals surface area contributed by atoms with E-state index in [1.807, 2.05) is 6.08 Å². The van der Waals surface area contributed by atoms with E-state index >= 15 is 0 Å². The van der Waals surface area contributed by atoms with Gasteiger partial charge in [-0.05, 0) is 19.3 Å². The lowest BCUT2D eigenvalue weighted by Crippen LogP contribution is -2.02.